The smallest absolute Gasteiger partial charge is 0.146 e. The zero-order valence-corrected chi connectivity index (χ0v) is 17.1. The first-order chi connectivity index (χ1) is 9.95. The number of hydrogen-bond donors (Lipinski definition) is 0. The summed E-state index contributed by atoms with van der Waals surface area (Å²) in [7, 11) is 0. The lowest BCUT2D eigenvalue weighted by Gasteiger charge is -2.10. The molecule has 1 aromatic carbocycles. The second-order valence-corrected chi connectivity index (χ2v) is 8.44. The first kappa shape index (κ1) is 17.5. The maximum absolute atomic E-state index is 6.23. The molecule has 2 nitrogen and oxygen atoms in total. The van der Waals surface area contributed by atoms with Crippen molar-refractivity contribution in [3.8, 4) is 0 Å². The van der Waals surface area contributed by atoms with Crippen molar-refractivity contribution in [3.63, 3.8) is 0 Å². The minimum atomic E-state index is 0.551. The van der Waals surface area contributed by atoms with Crippen LogP contribution in [0.3, 0.4) is 0 Å². The molecule has 0 amide bonds. The molecule has 0 aliphatic heterocycles. The lowest BCUT2D eigenvalue weighted by Crippen LogP contribution is -2.06. The van der Waals surface area contributed by atoms with Crippen molar-refractivity contribution in [3.05, 3.63) is 49.0 Å². The second kappa shape index (κ2) is 8.13. The van der Waals surface area contributed by atoms with Crippen molar-refractivity contribution >= 4 is 61.9 Å². The highest BCUT2D eigenvalue weighted by molar-refractivity contribution is 14.1. The van der Waals surface area contributed by atoms with Crippen LogP contribution < -0.4 is 0 Å². The first-order valence-corrected chi connectivity index (χ1v) is 9.78. The number of rotatable bonds is 5. The van der Waals surface area contributed by atoms with E-state index in [2.05, 4.69) is 74.5 Å². The summed E-state index contributed by atoms with van der Waals surface area (Å²) in [4.78, 5) is 10.3. The normalized spacial score (nSPS) is 11.1. The summed E-state index contributed by atoms with van der Waals surface area (Å²) in [6.45, 7) is 4.37. The van der Waals surface area contributed by atoms with Gasteiger partial charge in [0.25, 0.3) is 0 Å². The molecule has 0 unspecified atom stereocenters. The largest absolute Gasteiger partial charge is 0.236 e. The van der Waals surface area contributed by atoms with Gasteiger partial charge in [0.2, 0.25) is 0 Å². The number of nitrogens with zero attached hydrogens (tertiary/aromatic N) is 2. The van der Waals surface area contributed by atoms with Crippen molar-refractivity contribution in [1.29, 1.82) is 0 Å². The van der Waals surface area contributed by atoms with Crippen LogP contribution in [0.25, 0.3) is 0 Å². The van der Waals surface area contributed by atoms with Crippen molar-refractivity contribution in [2.45, 2.75) is 30.9 Å². The van der Waals surface area contributed by atoms with Gasteiger partial charge in [-0.3, -0.25) is 0 Å². The molecule has 0 saturated heterocycles. The molecule has 0 atom stereocenters. The Labute approximate surface area is 156 Å². The monoisotopic (exact) mass is 496 g/mol. The fourth-order valence-corrected chi connectivity index (χ4v) is 3.83. The Bertz CT molecular complexity index is 637. The molecule has 0 aliphatic rings. The van der Waals surface area contributed by atoms with Gasteiger partial charge in [-0.15, -0.1) is 11.8 Å². The van der Waals surface area contributed by atoms with Crippen LogP contribution in [0.2, 0.25) is 5.15 Å². The third-order valence-electron chi connectivity index (χ3n) is 2.69. The first-order valence-electron chi connectivity index (χ1n) is 6.55. The van der Waals surface area contributed by atoms with Crippen LogP contribution in [0, 0.1) is 9.49 Å². The zero-order valence-electron chi connectivity index (χ0n) is 11.7. The van der Waals surface area contributed by atoms with Gasteiger partial charge >= 0.3 is 0 Å². The molecule has 1 aromatic heterocycles. The molecular weight excluding hydrogens is 483 g/mol. The third kappa shape index (κ3) is 5.37. The Morgan fingerprint density at radius 1 is 1.33 bits per heavy atom. The predicted octanol–water partition coefficient (Wildman–Crippen LogP) is 5.99. The molecular formula is C15H15BrClIN2S. The molecule has 0 saturated carbocycles. The lowest BCUT2D eigenvalue weighted by molar-refractivity contribution is 0.629. The van der Waals surface area contributed by atoms with E-state index >= 15 is 0 Å². The molecule has 6 heteroatoms. The molecule has 0 radical (unpaired) electrons. The molecule has 0 fully saturated rings. The highest BCUT2D eigenvalue weighted by Gasteiger charge is 2.12. The van der Waals surface area contributed by atoms with Crippen molar-refractivity contribution in [1.82, 2.24) is 9.97 Å². The summed E-state index contributed by atoms with van der Waals surface area (Å²) in [6.07, 6.45) is 0.926. The van der Waals surface area contributed by atoms with Crippen LogP contribution in [0.4, 0.5) is 0 Å². The number of aromatic nitrogens is 2. The van der Waals surface area contributed by atoms with Crippen LogP contribution in [0.5, 0.6) is 0 Å². The Balaban J connectivity index is 2.14. The van der Waals surface area contributed by atoms with Crippen molar-refractivity contribution < 1.29 is 0 Å². The molecule has 2 rings (SSSR count). The molecule has 2 aromatic rings. The molecule has 112 valence electrons. The Morgan fingerprint density at radius 3 is 2.76 bits per heavy atom. The summed E-state index contributed by atoms with van der Waals surface area (Å²) in [5, 5.41) is 0.561. The van der Waals surface area contributed by atoms with Gasteiger partial charge in [-0.2, -0.15) is 0 Å². The Hall–Kier alpha value is 0.150. The highest BCUT2D eigenvalue weighted by atomic mass is 127. The van der Waals surface area contributed by atoms with Gasteiger partial charge in [0, 0.05) is 9.37 Å². The number of hydrogen-bond acceptors (Lipinski definition) is 3. The van der Waals surface area contributed by atoms with Crippen molar-refractivity contribution in [2.24, 2.45) is 5.92 Å². The molecule has 0 aliphatic carbocycles. The van der Waals surface area contributed by atoms with Crippen LogP contribution in [0.15, 0.2) is 33.6 Å². The van der Waals surface area contributed by atoms with E-state index in [1.807, 2.05) is 12.1 Å². The predicted molar refractivity (Wildman–Crippen MR) is 102 cm³/mol. The molecule has 1 heterocycles. The lowest BCUT2D eigenvalue weighted by atomic mass is 10.1. The fourth-order valence-electron chi connectivity index (χ4n) is 1.80. The topological polar surface area (TPSA) is 25.8 Å². The molecule has 0 bridgehead atoms. The summed E-state index contributed by atoms with van der Waals surface area (Å²) >= 11 is 13.7. The van der Waals surface area contributed by atoms with E-state index < -0.39 is 0 Å². The van der Waals surface area contributed by atoms with Crippen LogP contribution in [-0.4, -0.2) is 9.97 Å². The average molecular weight is 498 g/mol. The third-order valence-corrected chi connectivity index (χ3v) is 5.90. The van der Waals surface area contributed by atoms with E-state index in [9.17, 15) is 0 Å². The van der Waals surface area contributed by atoms with Crippen molar-refractivity contribution in [2.75, 3.05) is 0 Å². The summed E-state index contributed by atoms with van der Waals surface area (Å²) in [5.41, 5.74) is 1.05. The molecule has 21 heavy (non-hydrogen) atoms. The summed E-state index contributed by atoms with van der Waals surface area (Å²) in [5.74, 6) is 2.06. The molecule has 0 spiro atoms. The number of thioether (sulfide) groups is 1. The Morgan fingerprint density at radius 2 is 2.10 bits per heavy atom. The van der Waals surface area contributed by atoms with Crippen LogP contribution in [-0.2, 0) is 12.2 Å². The summed E-state index contributed by atoms with van der Waals surface area (Å²) < 4.78 is 2.05. The SMILES string of the molecule is CC(C)Cc1nc(CSc2cccc(Br)c2)nc(Cl)c1I. The van der Waals surface area contributed by atoms with Crippen LogP contribution >= 0.6 is 61.9 Å². The van der Waals surface area contributed by atoms with E-state index in [1.165, 1.54) is 4.90 Å². The standard InChI is InChI=1S/C15H15BrClIN2S/c1-9(2)6-12-14(18)15(17)20-13(19-12)8-21-11-5-3-4-10(16)7-11/h3-5,7,9H,6,8H2,1-2H3. The molecule has 0 N–H and O–H groups in total. The van der Waals surface area contributed by atoms with Gasteiger partial charge in [0.05, 0.1) is 15.0 Å². The van der Waals surface area contributed by atoms with E-state index in [0.29, 0.717) is 11.1 Å². The van der Waals surface area contributed by atoms with Gasteiger partial charge in [0.15, 0.2) is 0 Å². The summed E-state index contributed by atoms with van der Waals surface area (Å²) in [6, 6.07) is 8.22. The number of benzene rings is 1. The van der Waals surface area contributed by atoms with Gasteiger partial charge in [-0.1, -0.05) is 47.4 Å². The van der Waals surface area contributed by atoms with E-state index in [4.69, 9.17) is 11.6 Å². The van der Waals surface area contributed by atoms with Gasteiger partial charge in [-0.25, -0.2) is 9.97 Å². The minimum absolute atomic E-state index is 0.551. The van der Waals surface area contributed by atoms with E-state index in [1.54, 1.807) is 11.8 Å². The van der Waals surface area contributed by atoms with Crippen LogP contribution in [0.1, 0.15) is 25.4 Å². The van der Waals surface area contributed by atoms with Gasteiger partial charge < -0.3 is 0 Å². The Kier molecular flexibility index (Phi) is 6.78. The maximum atomic E-state index is 6.23. The van der Waals surface area contributed by atoms with Gasteiger partial charge in [-0.05, 0) is 53.1 Å². The minimum Gasteiger partial charge on any atom is -0.236 e. The van der Waals surface area contributed by atoms with E-state index in [0.717, 1.165) is 31.7 Å². The van der Waals surface area contributed by atoms with E-state index in [-0.39, 0.29) is 0 Å². The second-order valence-electron chi connectivity index (χ2n) is 5.04. The fraction of sp³-hybridized carbons (Fsp3) is 0.333. The maximum Gasteiger partial charge on any atom is 0.146 e. The highest BCUT2D eigenvalue weighted by Crippen LogP contribution is 2.27. The van der Waals surface area contributed by atoms with Gasteiger partial charge in [0.1, 0.15) is 11.0 Å². The quantitative estimate of drug-likeness (QED) is 0.288. The zero-order chi connectivity index (χ0) is 15.4. The number of halogens is 3. The average Bonchev–Trinajstić information content (AvgIpc) is 2.41.